The molecule has 1 saturated heterocycles. The van der Waals surface area contributed by atoms with E-state index in [-0.39, 0.29) is 17.9 Å². The zero-order valence-electron chi connectivity index (χ0n) is 23.4. The smallest absolute Gasteiger partial charge is 0.410 e. The van der Waals surface area contributed by atoms with Crippen molar-refractivity contribution in [3.63, 3.8) is 0 Å². The van der Waals surface area contributed by atoms with Gasteiger partial charge in [-0.25, -0.2) is 9.78 Å². The Balaban J connectivity index is 1.22. The molecule has 1 aliphatic rings. The highest BCUT2D eigenvalue weighted by atomic mass is 32.1. The number of aromatic nitrogens is 1. The fraction of sp³-hybridized carbons (Fsp3) is 0.281. The van der Waals surface area contributed by atoms with Crippen LogP contribution < -0.4 is 15.8 Å². The molecule has 2 aromatic heterocycles. The molecular formula is C32H34N4O4S. The minimum Gasteiger partial charge on any atom is -0.457 e. The van der Waals surface area contributed by atoms with Crippen molar-refractivity contribution in [3.05, 3.63) is 77.8 Å². The molecule has 0 spiro atoms. The molecule has 3 heterocycles. The third kappa shape index (κ3) is 7.05. The number of nitrogens with one attached hydrogen (secondary N) is 1. The van der Waals surface area contributed by atoms with Crippen LogP contribution in [0.5, 0.6) is 11.5 Å². The molecule has 1 fully saturated rings. The molecule has 8 nitrogen and oxygen atoms in total. The maximum atomic E-state index is 12.6. The van der Waals surface area contributed by atoms with E-state index >= 15 is 0 Å². The number of pyridine rings is 1. The van der Waals surface area contributed by atoms with Gasteiger partial charge >= 0.3 is 6.09 Å². The normalized spacial score (nSPS) is 15.4. The van der Waals surface area contributed by atoms with E-state index in [9.17, 15) is 9.59 Å². The quantitative estimate of drug-likeness (QED) is 0.239. The Bertz CT molecular complexity index is 1560. The van der Waals surface area contributed by atoms with Gasteiger partial charge in [-0.05, 0) is 74.4 Å². The summed E-state index contributed by atoms with van der Waals surface area (Å²) in [7, 11) is 0. The van der Waals surface area contributed by atoms with Gasteiger partial charge in [0.25, 0.3) is 0 Å². The van der Waals surface area contributed by atoms with Crippen LogP contribution in [0, 0.1) is 5.92 Å². The van der Waals surface area contributed by atoms with E-state index in [0.29, 0.717) is 25.5 Å². The molecule has 9 heteroatoms. The van der Waals surface area contributed by atoms with Crippen LogP contribution in [0.25, 0.3) is 27.3 Å². The van der Waals surface area contributed by atoms with Crippen LogP contribution >= 0.6 is 11.3 Å². The highest BCUT2D eigenvalue weighted by Crippen LogP contribution is 2.39. The van der Waals surface area contributed by atoms with Crippen LogP contribution in [0.2, 0.25) is 0 Å². The molecule has 2 amide bonds. The Hall–Kier alpha value is -4.37. The summed E-state index contributed by atoms with van der Waals surface area (Å²) in [6, 6.07) is 17.5. The number of ether oxygens (including phenoxy) is 2. The van der Waals surface area contributed by atoms with E-state index in [1.165, 1.54) is 6.08 Å². The molecule has 41 heavy (non-hydrogen) atoms. The fourth-order valence-corrected chi connectivity index (χ4v) is 5.78. The molecule has 3 N–H and O–H groups in total. The van der Waals surface area contributed by atoms with Gasteiger partial charge < -0.3 is 25.4 Å². The predicted molar refractivity (Wildman–Crippen MR) is 164 cm³/mol. The van der Waals surface area contributed by atoms with Crippen molar-refractivity contribution in [2.24, 2.45) is 5.92 Å². The molecule has 4 aromatic rings. The van der Waals surface area contributed by atoms with Gasteiger partial charge in [0, 0.05) is 53.1 Å². The SMILES string of the molecule is CC(C)(C)OC(=O)N1CCC(CNC(=O)/C=C/c2cnc(N)c3c(-c4ccc(Oc5ccccc5)cc4)csc23)C1. The number of hydrogen-bond acceptors (Lipinski definition) is 7. The number of fused-ring (bicyclic) bond motifs is 1. The van der Waals surface area contributed by atoms with Gasteiger partial charge in [0.1, 0.15) is 22.9 Å². The lowest BCUT2D eigenvalue weighted by atomic mass is 10.0. The first kappa shape index (κ1) is 28.2. The first-order chi connectivity index (χ1) is 19.7. The maximum Gasteiger partial charge on any atom is 0.410 e. The Morgan fingerprint density at radius 3 is 2.59 bits per heavy atom. The lowest BCUT2D eigenvalue weighted by Crippen LogP contribution is -2.36. The summed E-state index contributed by atoms with van der Waals surface area (Å²) < 4.78 is 12.3. The largest absolute Gasteiger partial charge is 0.457 e. The number of rotatable bonds is 7. The number of para-hydroxylation sites is 1. The minimum absolute atomic E-state index is 0.189. The predicted octanol–water partition coefficient (Wildman–Crippen LogP) is 6.72. The van der Waals surface area contributed by atoms with Gasteiger partial charge in [-0.1, -0.05) is 30.3 Å². The number of anilines is 1. The summed E-state index contributed by atoms with van der Waals surface area (Å²) in [6.45, 7) is 7.25. The zero-order chi connectivity index (χ0) is 29.0. The van der Waals surface area contributed by atoms with Crippen molar-refractivity contribution in [2.75, 3.05) is 25.4 Å². The van der Waals surface area contributed by atoms with E-state index in [1.54, 1.807) is 28.5 Å². The number of carbonyl (C=O) groups excluding carboxylic acids is 2. The molecule has 212 valence electrons. The van der Waals surface area contributed by atoms with Crippen LogP contribution in [0.3, 0.4) is 0 Å². The second-order valence-corrected chi connectivity index (χ2v) is 11.9. The Morgan fingerprint density at radius 2 is 1.85 bits per heavy atom. The number of carbonyl (C=O) groups is 2. The highest BCUT2D eigenvalue weighted by Gasteiger charge is 2.29. The summed E-state index contributed by atoms with van der Waals surface area (Å²) >= 11 is 1.56. The molecule has 5 rings (SSSR count). The standard InChI is InChI=1S/C32H34N4O4S/c1-32(2,3)40-31(38)36-16-15-21(19-36)17-34-27(37)14-11-23-18-35-30(33)28-26(20-41-29(23)28)22-9-12-25(13-10-22)39-24-7-5-4-6-8-24/h4-14,18,20-21H,15-17,19H2,1-3H3,(H2,33,35)(H,34,37)/b14-11+. The van der Waals surface area contributed by atoms with E-state index < -0.39 is 5.60 Å². The summed E-state index contributed by atoms with van der Waals surface area (Å²) in [5.74, 6) is 1.96. The van der Waals surface area contributed by atoms with Crippen molar-refractivity contribution in [1.29, 1.82) is 0 Å². The summed E-state index contributed by atoms with van der Waals surface area (Å²) in [5.41, 5.74) is 8.59. The van der Waals surface area contributed by atoms with Crippen molar-refractivity contribution >= 4 is 45.3 Å². The second-order valence-electron chi connectivity index (χ2n) is 11.1. The number of benzene rings is 2. The van der Waals surface area contributed by atoms with Crippen LogP contribution in [-0.4, -0.2) is 47.1 Å². The Labute approximate surface area is 243 Å². The molecule has 0 radical (unpaired) electrons. The summed E-state index contributed by atoms with van der Waals surface area (Å²) in [4.78, 5) is 31.0. The van der Waals surface area contributed by atoms with Gasteiger partial charge in [0.15, 0.2) is 0 Å². The van der Waals surface area contributed by atoms with Crippen molar-refractivity contribution in [2.45, 2.75) is 32.8 Å². The first-order valence-electron chi connectivity index (χ1n) is 13.6. The van der Waals surface area contributed by atoms with Crippen LogP contribution in [0.1, 0.15) is 32.8 Å². The third-order valence-electron chi connectivity index (χ3n) is 6.71. The van der Waals surface area contributed by atoms with Gasteiger partial charge in [-0.2, -0.15) is 0 Å². The number of nitrogen functional groups attached to an aromatic ring is 1. The summed E-state index contributed by atoms with van der Waals surface area (Å²) in [5, 5.41) is 5.88. The Morgan fingerprint density at radius 1 is 1.12 bits per heavy atom. The molecular weight excluding hydrogens is 536 g/mol. The summed E-state index contributed by atoms with van der Waals surface area (Å²) in [6.07, 6.45) is 5.49. The van der Waals surface area contributed by atoms with Crippen LogP contribution in [0.15, 0.2) is 72.3 Å². The van der Waals surface area contributed by atoms with Gasteiger partial charge in [0.05, 0.1) is 0 Å². The monoisotopic (exact) mass is 570 g/mol. The van der Waals surface area contributed by atoms with Crippen LogP contribution in [0.4, 0.5) is 10.6 Å². The fourth-order valence-electron chi connectivity index (χ4n) is 4.71. The van der Waals surface area contributed by atoms with Gasteiger partial charge in [-0.15, -0.1) is 11.3 Å². The van der Waals surface area contributed by atoms with E-state index in [4.69, 9.17) is 15.2 Å². The minimum atomic E-state index is -0.526. The molecule has 1 aliphatic heterocycles. The van der Waals surface area contributed by atoms with Gasteiger partial charge in [-0.3, -0.25) is 4.79 Å². The average molecular weight is 571 g/mol. The molecule has 0 saturated carbocycles. The lowest BCUT2D eigenvalue weighted by Gasteiger charge is -2.24. The van der Waals surface area contributed by atoms with Crippen LogP contribution in [-0.2, 0) is 9.53 Å². The number of amides is 2. The highest BCUT2D eigenvalue weighted by molar-refractivity contribution is 7.18. The van der Waals surface area contributed by atoms with Crippen molar-refractivity contribution in [3.8, 4) is 22.6 Å². The average Bonchev–Trinajstić information content (AvgIpc) is 3.60. The topological polar surface area (TPSA) is 107 Å². The number of nitrogens with zero attached hydrogens (tertiary/aromatic N) is 2. The number of thiophene rings is 1. The number of nitrogens with two attached hydrogens (primary N) is 1. The number of likely N-dealkylation sites (tertiary alicyclic amines) is 1. The lowest BCUT2D eigenvalue weighted by molar-refractivity contribution is -0.116. The third-order valence-corrected chi connectivity index (χ3v) is 7.74. The maximum absolute atomic E-state index is 12.6. The second kappa shape index (κ2) is 12.0. The number of hydrogen-bond donors (Lipinski definition) is 2. The molecule has 1 atom stereocenters. The van der Waals surface area contributed by atoms with E-state index in [2.05, 4.69) is 15.7 Å². The molecule has 0 bridgehead atoms. The Kier molecular flexibility index (Phi) is 8.26. The molecule has 2 aromatic carbocycles. The van der Waals surface area contributed by atoms with Gasteiger partial charge in [0.2, 0.25) is 5.91 Å². The van der Waals surface area contributed by atoms with E-state index in [0.717, 1.165) is 44.7 Å². The van der Waals surface area contributed by atoms with Crippen molar-refractivity contribution < 1.29 is 19.1 Å². The molecule has 0 aliphatic carbocycles. The van der Waals surface area contributed by atoms with E-state index in [1.807, 2.05) is 75.4 Å². The first-order valence-corrected chi connectivity index (χ1v) is 14.5. The molecule has 1 unspecified atom stereocenters. The zero-order valence-corrected chi connectivity index (χ0v) is 24.2. The van der Waals surface area contributed by atoms with Crippen molar-refractivity contribution in [1.82, 2.24) is 15.2 Å².